The molecule has 3 heteroatoms. The summed E-state index contributed by atoms with van der Waals surface area (Å²) in [7, 11) is 1.69. The first-order valence-corrected chi connectivity index (χ1v) is 7.28. The number of hydrogen-bond acceptors (Lipinski definition) is 3. The first-order valence-electron chi connectivity index (χ1n) is 7.28. The summed E-state index contributed by atoms with van der Waals surface area (Å²) in [6, 6.07) is 6.56. The summed E-state index contributed by atoms with van der Waals surface area (Å²) in [5, 5.41) is 3.45. The maximum Gasteiger partial charge on any atom is 0.161 e. The molecule has 1 rings (SSSR count). The van der Waals surface area contributed by atoms with Gasteiger partial charge in [0.05, 0.1) is 7.11 Å². The Morgan fingerprint density at radius 3 is 2.53 bits per heavy atom. The minimum Gasteiger partial charge on any atom is -0.493 e. The van der Waals surface area contributed by atoms with Crippen LogP contribution < -0.4 is 14.8 Å². The van der Waals surface area contributed by atoms with Gasteiger partial charge in [-0.3, -0.25) is 0 Å². The molecule has 0 saturated heterocycles. The Morgan fingerprint density at radius 2 is 1.95 bits per heavy atom. The molecular formula is C16H27NO2. The van der Waals surface area contributed by atoms with E-state index in [-0.39, 0.29) is 0 Å². The fourth-order valence-corrected chi connectivity index (χ4v) is 2.12. The van der Waals surface area contributed by atoms with Gasteiger partial charge in [0.15, 0.2) is 11.5 Å². The number of ether oxygens (including phenoxy) is 2. The van der Waals surface area contributed by atoms with Crippen molar-refractivity contribution in [3.05, 3.63) is 23.8 Å². The number of benzene rings is 1. The van der Waals surface area contributed by atoms with Crippen molar-refractivity contribution in [2.24, 2.45) is 0 Å². The highest BCUT2D eigenvalue weighted by Gasteiger charge is 2.10. The second-order valence-corrected chi connectivity index (χ2v) is 4.69. The van der Waals surface area contributed by atoms with E-state index >= 15 is 0 Å². The highest BCUT2D eigenvalue weighted by atomic mass is 16.5. The molecule has 19 heavy (non-hydrogen) atoms. The largest absolute Gasteiger partial charge is 0.493 e. The molecule has 0 bridgehead atoms. The highest BCUT2D eigenvalue weighted by molar-refractivity contribution is 5.42. The lowest BCUT2D eigenvalue weighted by Gasteiger charge is -2.19. The molecule has 0 amide bonds. The van der Waals surface area contributed by atoms with Crippen LogP contribution in [0.4, 0.5) is 0 Å². The van der Waals surface area contributed by atoms with Gasteiger partial charge in [0.1, 0.15) is 6.61 Å². The smallest absolute Gasteiger partial charge is 0.161 e. The number of likely N-dealkylation sites (N-methyl/N-ethyl adjacent to an activating group) is 1. The standard InChI is InChI=1S/C16H27NO2/c1-5-8-14(17-7-3)12-19-15-10-9-13(6-2)11-16(15)18-4/h9-11,14,17H,5-8,12H2,1-4H3. The number of hydrogen-bond donors (Lipinski definition) is 1. The molecule has 0 fully saturated rings. The Labute approximate surface area is 117 Å². The van der Waals surface area contributed by atoms with Crippen LogP contribution in [0.3, 0.4) is 0 Å². The van der Waals surface area contributed by atoms with Crippen LogP contribution in [0.2, 0.25) is 0 Å². The van der Waals surface area contributed by atoms with Gasteiger partial charge in [0, 0.05) is 6.04 Å². The van der Waals surface area contributed by atoms with Crippen LogP contribution in [0.15, 0.2) is 18.2 Å². The van der Waals surface area contributed by atoms with Gasteiger partial charge >= 0.3 is 0 Å². The Bertz CT molecular complexity index is 360. The van der Waals surface area contributed by atoms with Crippen molar-refractivity contribution in [1.29, 1.82) is 0 Å². The third-order valence-electron chi connectivity index (χ3n) is 3.21. The number of nitrogens with one attached hydrogen (secondary N) is 1. The second kappa shape index (κ2) is 8.81. The first-order chi connectivity index (χ1) is 9.24. The molecule has 0 aliphatic rings. The van der Waals surface area contributed by atoms with Crippen molar-refractivity contribution in [2.75, 3.05) is 20.3 Å². The Hall–Kier alpha value is -1.22. The zero-order valence-corrected chi connectivity index (χ0v) is 12.7. The maximum atomic E-state index is 5.91. The summed E-state index contributed by atoms with van der Waals surface area (Å²) >= 11 is 0. The van der Waals surface area contributed by atoms with Gasteiger partial charge in [-0.1, -0.05) is 33.3 Å². The van der Waals surface area contributed by atoms with Crippen LogP contribution in [0.1, 0.15) is 39.2 Å². The van der Waals surface area contributed by atoms with E-state index in [2.05, 4.69) is 38.2 Å². The van der Waals surface area contributed by atoms with Gasteiger partial charge in [0.25, 0.3) is 0 Å². The summed E-state index contributed by atoms with van der Waals surface area (Å²) < 4.78 is 11.3. The quantitative estimate of drug-likeness (QED) is 0.742. The van der Waals surface area contributed by atoms with Crippen molar-refractivity contribution in [3.8, 4) is 11.5 Å². The molecule has 3 nitrogen and oxygen atoms in total. The van der Waals surface area contributed by atoms with E-state index < -0.39 is 0 Å². The van der Waals surface area contributed by atoms with Crippen LogP contribution in [-0.4, -0.2) is 26.3 Å². The lowest BCUT2D eigenvalue weighted by Crippen LogP contribution is -2.34. The van der Waals surface area contributed by atoms with Crippen LogP contribution in [0, 0.1) is 0 Å². The van der Waals surface area contributed by atoms with Crippen LogP contribution >= 0.6 is 0 Å². The monoisotopic (exact) mass is 265 g/mol. The third kappa shape index (κ3) is 5.11. The Kier molecular flexibility index (Phi) is 7.34. The number of methoxy groups -OCH3 is 1. The minimum atomic E-state index is 0.408. The van der Waals surface area contributed by atoms with E-state index in [1.807, 2.05) is 6.07 Å². The average molecular weight is 265 g/mol. The SMILES string of the molecule is CCCC(COc1ccc(CC)cc1OC)NCC. The van der Waals surface area contributed by atoms with Gasteiger partial charge in [-0.15, -0.1) is 0 Å². The van der Waals surface area contributed by atoms with Gasteiger partial charge in [-0.05, 0) is 37.1 Å². The number of aryl methyl sites for hydroxylation is 1. The molecule has 1 atom stereocenters. The average Bonchev–Trinajstić information content (AvgIpc) is 2.45. The summed E-state index contributed by atoms with van der Waals surface area (Å²) in [5.41, 5.74) is 1.26. The molecule has 0 saturated carbocycles. The highest BCUT2D eigenvalue weighted by Crippen LogP contribution is 2.28. The fraction of sp³-hybridized carbons (Fsp3) is 0.625. The molecule has 0 heterocycles. The zero-order valence-electron chi connectivity index (χ0n) is 12.7. The predicted molar refractivity (Wildman–Crippen MR) is 80.2 cm³/mol. The van der Waals surface area contributed by atoms with E-state index in [0.29, 0.717) is 12.6 Å². The fourth-order valence-electron chi connectivity index (χ4n) is 2.12. The van der Waals surface area contributed by atoms with Gasteiger partial charge < -0.3 is 14.8 Å². The molecule has 0 aliphatic heterocycles. The van der Waals surface area contributed by atoms with E-state index in [1.54, 1.807) is 7.11 Å². The Morgan fingerprint density at radius 1 is 1.16 bits per heavy atom. The third-order valence-corrected chi connectivity index (χ3v) is 3.21. The molecule has 0 aromatic heterocycles. The van der Waals surface area contributed by atoms with Gasteiger partial charge in [-0.25, -0.2) is 0 Å². The maximum absolute atomic E-state index is 5.91. The minimum absolute atomic E-state index is 0.408. The first kappa shape index (κ1) is 15.8. The molecule has 1 unspecified atom stereocenters. The predicted octanol–water partition coefficient (Wildman–Crippen LogP) is 3.41. The van der Waals surface area contributed by atoms with Crippen molar-refractivity contribution in [3.63, 3.8) is 0 Å². The topological polar surface area (TPSA) is 30.5 Å². The van der Waals surface area contributed by atoms with Crippen molar-refractivity contribution < 1.29 is 9.47 Å². The molecule has 0 radical (unpaired) electrons. The summed E-state index contributed by atoms with van der Waals surface area (Å²) in [6.07, 6.45) is 3.29. The molecule has 1 N–H and O–H groups in total. The van der Waals surface area contributed by atoms with Gasteiger partial charge in [-0.2, -0.15) is 0 Å². The molecule has 0 spiro atoms. The lowest BCUT2D eigenvalue weighted by atomic mass is 10.1. The zero-order chi connectivity index (χ0) is 14.1. The number of rotatable bonds is 9. The second-order valence-electron chi connectivity index (χ2n) is 4.69. The van der Waals surface area contributed by atoms with Crippen LogP contribution in [0.5, 0.6) is 11.5 Å². The molecule has 0 aliphatic carbocycles. The van der Waals surface area contributed by atoms with Crippen LogP contribution in [-0.2, 0) is 6.42 Å². The van der Waals surface area contributed by atoms with Crippen molar-refractivity contribution >= 4 is 0 Å². The summed E-state index contributed by atoms with van der Waals surface area (Å²) in [4.78, 5) is 0. The molecular weight excluding hydrogens is 238 g/mol. The molecule has 1 aromatic carbocycles. The normalized spacial score (nSPS) is 12.2. The molecule has 1 aromatic rings. The van der Waals surface area contributed by atoms with E-state index in [4.69, 9.17) is 9.47 Å². The van der Waals surface area contributed by atoms with E-state index in [1.165, 1.54) is 5.56 Å². The van der Waals surface area contributed by atoms with E-state index in [9.17, 15) is 0 Å². The summed E-state index contributed by atoms with van der Waals surface area (Å²) in [5.74, 6) is 1.66. The van der Waals surface area contributed by atoms with Crippen LogP contribution in [0.25, 0.3) is 0 Å². The summed E-state index contributed by atoms with van der Waals surface area (Å²) in [6.45, 7) is 8.11. The van der Waals surface area contributed by atoms with Crippen molar-refractivity contribution in [2.45, 2.75) is 46.1 Å². The Balaban J connectivity index is 2.64. The van der Waals surface area contributed by atoms with E-state index in [0.717, 1.165) is 37.3 Å². The van der Waals surface area contributed by atoms with Gasteiger partial charge in [0.2, 0.25) is 0 Å². The van der Waals surface area contributed by atoms with Crippen molar-refractivity contribution in [1.82, 2.24) is 5.32 Å². The molecule has 108 valence electrons. The lowest BCUT2D eigenvalue weighted by molar-refractivity contribution is 0.246.